The maximum atomic E-state index is 12.6. The van der Waals surface area contributed by atoms with Crippen LogP contribution in [0.5, 0.6) is 5.75 Å². The minimum absolute atomic E-state index is 0.0804. The fourth-order valence-electron chi connectivity index (χ4n) is 2.14. The van der Waals surface area contributed by atoms with E-state index in [1.54, 1.807) is 37.4 Å². The maximum Gasteiger partial charge on any atom is 0.257 e. The van der Waals surface area contributed by atoms with Gasteiger partial charge >= 0.3 is 0 Å². The van der Waals surface area contributed by atoms with Crippen molar-refractivity contribution in [3.8, 4) is 5.75 Å². The van der Waals surface area contributed by atoms with E-state index in [0.29, 0.717) is 17.9 Å². The first-order valence-corrected chi connectivity index (χ1v) is 7.46. The molecule has 0 atom stereocenters. The number of ether oxygens (including phenoxy) is 1. The lowest BCUT2D eigenvalue weighted by molar-refractivity contribution is 0.0778. The predicted molar refractivity (Wildman–Crippen MR) is 84.4 cm³/mol. The Morgan fingerprint density at radius 2 is 2.14 bits per heavy atom. The number of nitrogens with zero attached hydrogens (tertiary/aromatic N) is 3. The number of carbonyl (C=O) groups excluding carboxylic acids is 1. The number of methoxy groups -OCH3 is 1. The average Bonchev–Trinajstić information content (AvgIpc) is 2.86. The summed E-state index contributed by atoms with van der Waals surface area (Å²) in [6.45, 7) is 3.26. The summed E-state index contributed by atoms with van der Waals surface area (Å²) in [6, 6.07) is 7.23. The minimum atomic E-state index is -0.0804. The van der Waals surface area contributed by atoms with Crippen LogP contribution in [0.1, 0.15) is 23.0 Å². The zero-order valence-corrected chi connectivity index (χ0v) is 13.9. The molecule has 0 fully saturated rings. The van der Waals surface area contributed by atoms with Crippen molar-refractivity contribution in [1.29, 1.82) is 0 Å². The normalized spacial score (nSPS) is 10.5. The van der Waals surface area contributed by atoms with Crippen molar-refractivity contribution in [2.24, 2.45) is 0 Å². The fraction of sp³-hybridized carbons (Fsp3) is 0.333. The van der Waals surface area contributed by atoms with E-state index in [9.17, 15) is 4.79 Å². The highest BCUT2D eigenvalue weighted by atomic mass is 79.9. The first kappa shape index (κ1) is 15.6. The van der Waals surface area contributed by atoms with Gasteiger partial charge in [-0.1, -0.05) is 12.1 Å². The summed E-state index contributed by atoms with van der Waals surface area (Å²) in [5.41, 5.74) is 1.53. The largest absolute Gasteiger partial charge is 0.496 e. The Bertz CT molecular complexity index is 640. The van der Waals surface area contributed by atoms with Crippen LogP contribution in [0.15, 0.2) is 34.9 Å². The van der Waals surface area contributed by atoms with Crippen LogP contribution < -0.4 is 4.74 Å². The molecule has 1 amide bonds. The number of benzene rings is 1. The summed E-state index contributed by atoms with van der Waals surface area (Å²) in [6.07, 6.45) is 1.75. The van der Waals surface area contributed by atoms with Crippen LogP contribution in [0.2, 0.25) is 0 Å². The van der Waals surface area contributed by atoms with E-state index in [1.807, 2.05) is 23.7 Å². The summed E-state index contributed by atoms with van der Waals surface area (Å²) in [5.74, 6) is 0.501. The summed E-state index contributed by atoms with van der Waals surface area (Å²) >= 11 is 3.47. The third-order valence-electron chi connectivity index (χ3n) is 3.27. The number of halogens is 1. The van der Waals surface area contributed by atoms with Crippen LogP contribution in [-0.4, -0.2) is 34.7 Å². The van der Waals surface area contributed by atoms with Gasteiger partial charge in [0.1, 0.15) is 5.75 Å². The van der Waals surface area contributed by atoms with Crippen LogP contribution in [0.25, 0.3) is 0 Å². The quantitative estimate of drug-likeness (QED) is 0.831. The van der Waals surface area contributed by atoms with E-state index >= 15 is 0 Å². The molecule has 0 unspecified atom stereocenters. The Balaban J connectivity index is 2.22. The molecule has 0 aliphatic rings. The van der Waals surface area contributed by atoms with Gasteiger partial charge in [-0.2, -0.15) is 5.10 Å². The van der Waals surface area contributed by atoms with E-state index in [2.05, 4.69) is 21.0 Å². The fourth-order valence-corrected chi connectivity index (χ4v) is 2.56. The molecule has 2 rings (SSSR count). The maximum absolute atomic E-state index is 12.6. The Morgan fingerprint density at radius 3 is 2.81 bits per heavy atom. The van der Waals surface area contributed by atoms with Gasteiger partial charge in [-0.3, -0.25) is 9.48 Å². The molecule has 0 aliphatic carbocycles. The SMILES string of the molecule is CCn1ncc(Br)c1CN(C)C(=O)c1ccccc1OC. The van der Waals surface area contributed by atoms with E-state index in [-0.39, 0.29) is 5.91 Å². The molecule has 1 aromatic heterocycles. The van der Waals surface area contributed by atoms with Crippen LogP contribution in [0, 0.1) is 0 Å². The second kappa shape index (κ2) is 6.76. The van der Waals surface area contributed by atoms with Gasteiger partial charge < -0.3 is 9.64 Å². The summed E-state index contributed by atoms with van der Waals surface area (Å²) < 4.78 is 8.02. The van der Waals surface area contributed by atoms with E-state index < -0.39 is 0 Å². The first-order chi connectivity index (χ1) is 10.1. The van der Waals surface area contributed by atoms with Crippen LogP contribution in [0.4, 0.5) is 0 Å². The van der Waals surface area contributed by atoms with Gasteiger partial charge in [-0.15, -0.1) is 0 Å². The molecule has 6 heteroatoms. The number of aryl methyl sites for hydroxylation is 1. The molecule has 1 heterocycles. The van der Waals surface area contributed by atoms with Crippen molar-refractivity contribution < 1.29 is 9.53 Å². The summed E-state index contributed by atoms with van der Waals surface area (Å²) in [4.78, 5) is 14.2. The van der Waals surface area contributed by atoms with Crippen molar-refractivity contribution in [2.45, 2.75) is 20.0 Å². The Hall–Kier alpha value is -1.82. The lowest BCUT2D eigenvalue weighted by Crippen LogP contribution is -2.28. The zero-order valence-electron chi connectivity index (χ0n) is 12.3. The molecule has 0 bridgehead atoms. The van der Waals surface area contributed by atoms with Crippen molar-refractivity contribution in [3.05, 3.63) is 46.2 Å². The number of hydrogen-bond acceptors (Lipinski definition) is 3. The zero-order chi connectivity index (χ0) is 15.4. The molecule has 0 radical (unpaired) electrons. The average molecular weight is 352 g/mol. The van der Waals surface area contributed by atoms with E-state index in [1.165, 1.54) is 0 Å². The van der Waals surface area contributed by atoms with Gasteiger partial charge in [-0.25, -0.2) is 0 Å². The Morgan fingerprint density at radius 1 is 1.43 bits per heavy atom. The molecular weight excluding hydrogens is 334 g/mol. The molecular formula is C15H18BrN3O2. The lowest BCUT2D eigenvalue weighted by Gasteiger charge is -2.19. The third kappa shape index (κ3) is 3.26. The monoisotopic (exact) mass is 351 g/mol. The number of rotatable bonds is 5. The molecule has 1 aromatic carbocycles. The lowest BCUT2D eigenvalue weighted by atomic mass is 10.1. The highest BCUT2D eigenvalue weighted by molar-refractivity contribution is 9.10. The standard InChI is InChI=1S/C15H18BrN3O2/c1-4-19-13(12(16)9-17-19)10-18(2)15(20)11-7-5-6-8-14(11)21-3/h5-9H,4,10H2,1-3H3. The number of hydrogen-bond donors (Lipinski definition) is 0. The molecule has 21 heavy (non-hydrogen) atoms. The van der Waals surface area contributed by atoms with Gasteiger partial charge in [-0.05, 0) is 35.0 Å². The van der Waals surface area contributed by atoms with Gasteiger partial charge in [0.2, 0.25) is 0 Å². The van der Waals surface area contributed by atoms with E-state index in [0.717, 1.165) is 16.7 Å². The molecule has 0 aliphatic heterocycles. The molecule has 2 aromatic rings. The highest BCUT2D eigenvalue weighted by Gasteiger charge is 2.18. The predicted octanol–water partition coefficient (Wildman–Crippen LogP) is 2.95. The van der Waals surface area contributed by atoms with Gasteiger partial charge in [0.25, 0.3) is 5.91 Å². The number of para-hydroxylation sites is 1. The second-order valence-electron chi connectivity index (χ2n) is 4.62. The first-order valence-electron chi connectivity index (χ1n) is 6.67. The van der Waals surface area contributed by atoms with Crippen molar-refractivity contribution in [2.75, 3.05) is 14.2 Å². The molecule has 0 saturated heterocycles. The third-order valence-corrected chi connectivity index (χ3v) is 3.93. The second-order valence-corrected chi connectivity index (χ2v) is 5.47. The van der Waals surface area contributed by atoms with Gasteiger partial charge in [0.05, 0.1) is 35.6 Å². The van der Waals surface area contributed by atoms with Crippen LogP contribution in [-0.2, 0) is 13.1 Å². The highest BCUT2D eigenvalue weighted by Crippen LogP contribution is 2.22. The topological polar surface area (TPSA) is 47.4 Å². The van der Waals surface area contributed by atoms with Crippen molar-refractivity contribution >= 4 is 21.8 Å². The summed E-state index contributed by atoms with van der Waals surface area (Å²) in [5, 5.41) is 4.26. The molecule has 0 spiro atoms. The number of amides is 1. The molecule has 112 valence electrons. The number of carbonyl (C=O) groups is 1. The Labute approximate surface area is 132 Å². The van der Waals surface area contributed by atoms with Crippen LogP contribution >= 0.6 is 15.9 Å². The molecule has 0 saturated carbocycles. The van der Waals surface area contributed by atoms with E-state index in [4.69, 9.17) is 4.74 Å². The number of aromatic nitrogens is 2. The molecule has 0 N–H and O–H groups in total. The minimum Gasteiger partial charge on any atom is -0.496 e. The smallest absolute Gasteiger partial charge is 0.257 e. The summed E-state index contributed by atoms with van der Waals surface area (Å²) in [7, 11) is 3.34. The van der Waals surface area contributed by atoms with Crippen molar-refractivity contribution in [3.63, 3.8) is 0 Å². The van der Waals surface area contributed by atoms with Crippen LogP contribution in [0.3, 0.4) is 0 Å². The Kier molecular flexibility index (Phi) is 5.01. The van der Waals surface area contributed by atoms with Gasteiger partial charge in [0.15, 0.2) is 0 Å². The van der Waals surface area contributed by atoms with Crippen molar-refractivity contribution in [1.82, 2.24) is 14.7 Å². The molecule has 5 nitrogen and oxygen atoms in total. The van der Waals surface area contributed by atoms with Gasteiger partial charge in [0, 0.05) is 13.6 Å².